The monoisotopic (exact) mass is 861 g/mol. The van der Waals surface area contributed by atoms with E-state index in [9.17, 15) is 24.2 Å². The molecule has 10 nitrogen and oxygen atoms in total. The minimum absolute atomic E-state index is 0.179. The molecule has 0 rings (SSSR count). The second-order valence-corrected chi connectivity index (χ2v) is 18.3. The van der Waals surface area contributed by atoms with Crippen molar-refractivity contribution in [1.29, 1.82) is 0 Å². The lowest BCUT2D eigenvalue weighted by atomic mass is 10.0. The summed E-state index contributed by atoms with van der Waals surface area (Å²) in [6, 6.07) is 0. The number of carbonyl (C=O) groups excluding carboxylic acids is 2. The third kappa shape index (κ3) is 44.6. The van der Waals surface area contributed by atoms with Crippen molar-refractivity contribution in [3.63, 3.8) is 0 Å². The first-order chi connectivity index (χ1) is 28.7. The Balaban J connectivity index is 4.17. The number of aliphatic hydroxyl groups excluding tert-OH is 2. The highest BCUT2D eigenvalue weighted by Crippen LogP contribution is 2.43. The third-order valence-electron chi connectivity index (χ3n) is 10.9. The van der Waals surface area contributed by atoms with Gasteiger partial charge in [0.25, 0.3) is 0 Å². The minimum atomic E-state index is -4.62. The molecule has 0 fully saturated rings. The molecule has 0 saturated heterocycles. The van der Waals surface area contributed by atoms with Gasteiger partial charge in [-0.3, -0.25) is 18.6 Å². The smallest absolute Gasteiger partial charge is 0.462 e. The van der Waals surface area contributed by atoms with Gasteiger partial charge in [0.15, 0.2) is 6.10 Å². The van der Waals surface area contributed by atoms with E-state index in [0.717, 1.165) is 57.8 Å². The zero-order valence-electron chi connectivity index (χ0n) is 38.2. The van der Waals surface area contributed by atoms with Crippen molar-refractivity contribution in [2.45, 2.75) is 257 Å². The highest BCUT2D eigenvalue weighted by Gasteiger charge is 2.27. The van der Waals surface area contributed by atoms with Gasteiger partial charge in [0.05, 0.1) is 19.8 Å². The van der Waals surface area contributed by atoms with Crippen LogP contribution in [0.4, 0.5) is 0 Å². The minimum Gasteiger partial charge on any atom is -0.462 e. The maximum absolute atomic E-state index is 12.6. The molecule has 0 aliphatic rings. The van der Waals surface area contributed by atoms with E-state index in [2.05, 4.69) is 26.0 Å². The molecule has 0 spiro atoms. The summed E-state index contributed by atoms with van der Waals surface area (Å²) in [6.07, 6.45) is 44.6. The van der Waals surface area contributed by atoms with Crippen LogP contribution in [0.25, 0.3) is 0 Å². The van der Waals surface area contributed by atoms with Crippen molar-refractivity contribution in [2.24, 2.45) is 0 Å². The highest BCUT2D eigenvalue weighted by atomic mass is 31.2. The molecule has 0 bridgehead atoms. The van der Waals surface area contributed by atoms with Crippen molar-refractivity contribution in [1.82, 2.24) is 0 Å². The first-order valence-electron chi connectivity index (χ1n) is 24.6. The first-order valence-corrected chi connectivity index (χ1v) is 26.1. The largest absolute Gasteiger partial charge is 0.472 e. The first kappa shape index (κ1) is 57.7. The van der Waals surface area contributed by atoms with E-state index in [-0.39, 0.29) is 19.4 Å². The fourth-order valence-corrected chi connectivity index (χ4v) is 7.90. The van der Waals surface area contributed by atoms with Gasteiger partial charge in [-0.25, -0.2) is 4.57 Å². The number of aliphatic hydroxyl groups is 2. The van der Waals surface area contributed by atoms with Gasteiger partial charge in [-0.05, 0) is 38.5 Å². The molecule has 0 saturated carbocycles. The average molecular weight is 861 g/mol. The van der Waals surface area contributed by atoms with E-state index in [1.807, 2.05) is 0 Å². The van der Waals surface area contributed by atoms with Gasteiger partial charge >= 0.3 is 19.8 Å². The van der Waals surface area contributed by atoms with Crippen molar-refractivity contribution < 1.29 is 47.8 Å². The summed E-state index contributed by atoms with van der Waals surface area (Å²) in [5.41, 5.74) is 0. The number of allylic oxidation sites excluding steroid dienone is 2. The molecular weight excluding hydrogens is 767 g/mol. The molecule has 0 aliphatic carbocycles. The topological polar surface area (TPSA) is 149 Å². The lowest BCUT2D eigenvalue weighted by molar-refractivity contribution is -0.161. The summed E-state index contributed by atoms with van der Waals surface area (Å²) < 4.78 is 32.8. The van der Waals surface area contributed by atoms with E-state index in [1.165, 1.54) is 148 Å². The van der Waals surface area contributed by atoms with Crippen LogP contribution in [0.1, 0.15) is 245 Å². The van der Waals surface area contributed by atoms with Crippen LogP contribution in [-0.4, -0.2) is 65.7 Å². The second kappa shape index (κ2) is 44.8. The summed E-state index contributed by atoms with van der Waals surface area (Å²) in [4.78, 5) is 35.1. The molecule has 3 N–H and O–H groups in total. The summed E-state index contributed by atoms with van der Waals surface area (Å²) in [6.45, 7) is 2.42. The third-order valence-corrected chi connectivity index (χ3v) is 11.9. The van der Waals surface area contributed by atoms with Gasteiger partial charge in [-0.1, -0.05) is 206 Å². The number of ether oxygens (including phenoxy) is 2. The molecule has 0 radical (unpaired) electrons. The second-order valence-electron chi connectivity index (χ2n) is 16.8. The SMILES string of the molecule is CCCCCCCCC/C=C\CCCCCCCC(=O)OC(COC(=O)CCCCCCCCCCCCCCCCCCCCCC)COP(=O)(O)OCC(O)CO. The van der Waals surface area contributed by atoms with Crippen LogP contribution >= 0.6 is 7.82 Å². The number of hydrogen-bond donors (Lipinski definition) is 3. The van der Waals surface area contributed by atoms with E-state index < -0.39 is 51.8 Å². The fraction of sp³-hybridized carbons (Fsp3) is 0.917. The molecular formula is C48H93O10P. The maximum Gasteiger partial charge on any atom is 0.472 e. The fourth-order valence-electron chi connectivity index (χ4n) is 7.11. The highest BCUT2D eigenvalue weighted by molar-refractivity contribution is 7.47. The zero-order valence-corrected chi connectivity index (χ0v) is 39.1. The number of unbranched alkanes of at least 4 members (excludes halogenated alkanes) is 31. The van der Waals surface area contributed by atoms with Crippen molar-refractivity contribution in [3.05, 3.63) is 12.2 Å². The molecule has 3 atom stereocenters. The average Bonchev–Trinajstić information content (AvgIpc) is 3.22. The van der Waals surface area contributed by atoms with Crippen molar-refractivity contribution in [3.8, 4) is 0 Å². The van der Waals surface area contributed by atoms with Crippen molar-refractivity contribution in [2.75, 3.05) is 26.4 Å². The van der Waals surface area contributed by atoms with Crippen LogP contribution < -0.4 is 0 Å². The Labute approximate surface area is 362 Å². The molecule has 0 aliphatic heterocycles. The summed E-state index contributed by atoms with van der Waals surface area (Å²) >= 11 is 0. The van der Waals surface area contributed by atoms with Gasteiger partial charge in [0, 0.05) is 12.8 Å². The van der Waals surface area contributed by atoms with Gasteiger partial charge in [0.2, 0.25) is 0 Å². The van der Waals surface area contributed by atoms with Gasteiger partial charge < -0.3 is 24.6 Å². The van der Waals surface area contributed by atoms with Crippen LogP contribution in [0.5, 0.6) is 0 Å². The molecule has 0 aromatic rings. The predicted octanol–water partition coefficient (Wildman–Crippen LogP) is 13.6. The van der Waals surface area contributed by atoms with Gasteiger partial charge in [-0.2, -0.15) is 0 Å². The Morgan fingerprint density at radius 1 is 0.492 bits per heavy atom. The molecule has 0 aromatic carbocycles. The van der Waals surface area contributed by atoms with Gasteiger partial charge in [-0.15, -0.1) is 0 Å². The number of rotatable bonds is 47. The van der Waals surface area contributed by atoms with E-state index in [4.69, 9.17) is 23.6 Å². The molecule has 0 aromatic heterocycles. The van der Waals surface area contributed by atoms with E-state index in [0.29, 0.717) is 12.8 Å². The molecule has 0 heterocycles. The van der Waals surface area contributed by atoms with Crippen LogP contribution in [-0.2, 0) is 32.7 Å². The molecule has 3 unspecified atom stereocenters. The van der Waals surface area contributed by atoms with Crippen LogP contribution in [0.3, 0.4) is 0 Å². The van der Waals surface area contributed by atoms with E-state index >= 15 is 0 Å². The lowest BCUT2D eigenvalue weighted by Gasteiger charge is -2.20. The van der Waals surface area contributed by atoms with E-state index in [1.54, 1.807) is 0 Å². The normalized spacial score (nSPS) is 13.8. The van der Waals surface area contributed by atoms with Crippen LogP contribution in [0, 0.1) is 0 Å². The lowest BCUT2D eigenvalue weighted by Crippen LogP contribution is -2.29. The summed E-state index contributed by atoms with van der Waals surface area (Å²) in [5.74, 6) is -0.919. The number of hydrogen-bond acceptors (Lipinski definition) is 9. The summed E-state index contributed by atoms with van der Waals surface area (Å²) in [5, 5.41) is 18.4. The zero-order chi connectivity index (χ0) is 43.3. The summed E-state index contributed by atoms with van der Waals surface area (Å²) in [7, 11) is -4.62. The Morgan fingerprint density at radius 2 is 0.831 bits per heavy atom. The maximum atomic E-state index is 12.6. The Kier molecular flexibility index (Phi) is 43.8. The predicted molar refractivity (Wildman–Crippen MR) is 242 cm³/mol. The Bertz CT molecular complexity index is 993. The number of phosphoric acid groups is 1. The quantitative estimate of drug-likeness (QED) is 0.0234. The van der Waals surface area contributed by atoms with Gasteiger partial charge in [0.1, 0.15) is 12.7 Å². The molecule has 59 heavy (non-hydrogen) atoms. The standard InChI is InChI=1S/C48H93O10P/c1-3-5-7-9-11-13-15-17-19-21-22-23-24-26-27-29-31-33-35-37-39-47(51)55-43-46(44-57-59(53,54)56-42-45(50)41-49)58-48(52)40-38-36-34-32-30-28-25-20-18-16-14-12-10-8-6-4-2/h20,25,45-46,49-50H,3-19,21-24,26-44H2,1-2H3,(H,53,54)/b25-20-. The Hall–Kier alpha value is -1.29. The Morgan fingerprint density at radius 3 is 1.22 bits per heavy atom. The molecule has 350 valence electrons. The van der Waals surface area contributed by atoms with Crippen LogP contribution in [0.2, 0.25) is 0 Å². The number of carbonyl (C=O) groups is 2. The van der Waals surface area contributed by atoms with Crippen molar-refractivity contribution >= 4 is 19.8 Å². The number of phosphoric ester groups is 1. The van der Waals surface area contributed by atoms with Crippen LogP contribution in [0.15, 0.2) is 12.2 Å². The molecule has 11 heteroatoms. The number of esters is 2. The molecule has 0 amide bonds.